The van der Waals surface area contributed by atoms with E-state index in [1.807, 2.05) is 18.2 Å². The lowest BCUT2D eigenvalue weighted by Gasteiger charge is -2.33. The van der Waals surface area contributed by atoms with E-state index >= 15 is 0 Å². The van der Waals surface area contributed by atoms with E-state index in [4.69, 9.17) is 4.74 Å². The summed E-state index contributed by atoms with van der Waals surface area (Å²) in [6, 6.07) is 8.06. The quantitative estimate of drug-likeness (QED) is 0.917. The van der Waals surface area contributed by atoms with Crippen molar-refractivity contribution >= 4 is 21.1 Å². The van der Waals surface area contributed by atoms with E-state index in [2.05, 4.69) is 11.1 Å². The summed E-state index contributed by atoms with van der Waals surface area (Å²) < 4.78 is 34.7. The van der Waals surface area contributed by atoms with Gasteiger partial charge >= 0.3 is 0 Å². The lowest BCUT2D eigenvalue weighted by molar-refractivity contribution is 0.145. The summed E-state index contributed by atoms with van der Waals surface area (Å²) in [7, 11) is -1.82. The minimum absolute atomic E-state index is 0.0376. The highest BCUT2D eigenvalue weighted by Gasteiger charge is 2.39. The predicted octanol–water partition coefficient (Wildman–Crippen LogP) is 1.88. The molecule has 0 bridgehead atoms. The monoisotopic (exact) mass is 349 g/mol. The molecule has 7 heteroatoms. The van der Waals surface area contributed by atoms with Crippen LogP contribution in [-0.4, -0.2) is 54.9 Å². The molecule has 4 rings (SSSR count). The molecule has 130 valence electrons. The number of aromatic amines is 1. The van der Waals surface area contributed by atoms with Gasteiger partial charge in [0.1, 0.15) is 0 Å². The Balaban J connectivity index is 1.64. The lowest BCUT2D eigenvalue weighted by atomic mass is 10.1. The van der Waals surface area contributed by atoms with Crippen molar-refractivity contribution in [1.82, 2.24) is 13.6 Å². The number of rotatable bonds is 4. The lowest BCUT2D eigenvalue weighted by Crippen LogP contribution is -2.48. The number of aromatic nitrogens is 1. The van der Waals surface area contributed by atoms with Gasteiger partial charge < -0.3 is 9.72 Å². The summed E-state index contributed by atoms with van der Waals surface area (Å²) in [5.41, 5.74) is 3.36. The second kappa shape index (κ2) is 6.15. The first-order valence-electron chi connectivity index (χ1n) is 8.45. The molecule has 0 unspecified atom stereocenters. The molecule has 0 radical (unpaired) electrons. The van der Waals surface area contributed by atoms with Gasteiger partial charge in [-0.05, 0) is 24.5 Å². The van der Waals surface area contributed by atoms with E-state index < -0.39 is 10.2 Å². The summed E-state index contributed by atoms with van der Waals surface area (Å²) >= 11 is 0. The van der Waals surface area contributed by atoms with Crippen molar-refractivity contribution in [2.45, 2.75) is 31.8 Å². The van der Waals surface area contributed by atoms with E-state index in [1.54, 1.807) is 15.7 Å². The fraction of sp³-hybridized carbons (Fsp3) is 0.529. The molecule has 3 heterocycles. The summed E-state index contributed by atoms with van der Waals surface area (Å²) in [6.07, 6.45) is 2.50. The topological polar surface area (TPSA) is 65.6 Å². The average Bonchev–Trinajstić information content (AvgIpc) is 3.19. The zero-order valence-electron chi connectivity index (χ0n) is 13.9. The van der Waals surface area contributed by atoms with Crippen LogP contribution in [0, 0.1) is 0 Å². The third-order valence-electron chi connectivity index (χ3n) is 5.15. The number of methoxy groups -OCH3 is 1. The molecule has 1 saturated heterocycles. The van der Waals surface area contributed by atoms with Crippen LogP contribution >= 0.6 is 0 Å². The normalized spacial score (nSPS) is 23.0. The SMILES string of the molecule is COC[C@H]1CCCN1S(=O)(=O)N1CCc2[nH]c3ccccc3c2C1. The summed E-state index contributed by atoms with van der Waals surface area (Å²) in [5.74, 6) is 0. The predicted molar refractivity (Wildman–Crippen MR) is 92.9 cm³/mol. The molecular formula is C17H23N3O3S. The smallest absolute Gasteiger partial charge is 0.282 e. The van der Waals surface area contributed by atoms with Gasteiger partial charge in [0.25, 0.3) is 10.2 Å². The average molecular weight is 349 g/mol. The first-order chi connectivity index (χ1) is 11.6. The number of H-pyrrole nitrogens is 1. The largest absolute Gasteiger partial charge is 0.383 e. The van der Waals surface area contributed by atoms with Gasteiger partial charge in [0.15, 0.2) is 0 Å². The number of hydrogen-bond acceptors (Lipinski definition) is 3. The number of benzene rings is 1. The zero-order chi connectivity index (χ0) is 16.7. The number of nitrogens with one attached hydrogen (secondary N) is 1. The van der Waals surface area contributed by atoms with Gasteiger partial charge in [-0.2, -0.15) is 17.0 Å². The molecule has 2 aromatic rings. The third-order valence-corrected chi connectivity index (χ3v) is 7.19. The molecule has 0 aliphatic carbocycles. The highest BCUT2D eigenvalue weighted by molar-refractivity contribution is 7.86. The van der Waals surface area contributed by atoms with Gasteiger partial charge in [0.05, 0.1) is 6.61 Å². The molecular weight excluding hydrogens is 326 g/mol. The maximum Gasteiger partial charge on any atom is 0.282 e. The Morgan fingerprint density at radius 1 is 1.29 bits per heavy atom. The first kappa shape index (κ1) is 16.1. The highest BCUT2D eigenvalue weighted by Crippen LogP contribution is 2.31. The molecule has 0 amide bonds. The highest BCUT2D eigenvalue weighted by atomic mass is 32.2. The van der Waals surface area contributed by atoms with Crippen LogP contribution < -0.4 is 0 Å². The van der Waals surface area contributed by atoms with Crippen molar-refractivity contribution in [2.75, 3.05) is 26.8 Å². The van der Waals surface area contributed by atoms with E-state index in [9.17, 15) is 8.42 Å². The van der Waals surface area contributed by atoms with Crippen LogP contribution in [0.25, 0.3) is 10.9 Å². The fourth-order valence-electron chi connectivity index (χ4n) is 3.96. The molecule has 0 saturated carbocycles. The van der Waals surface area contributed by atoms with E-state index in [0.717, 1.165) is 41.4 Å². The molecule has 1 N–H and O–H groups in total. The maximum absolute atomic E-state index is 13.1. The van der Waals surface area contributed by atoms with Crippen LogP contribution in [0.2, 0.25) is 0 Å². The molecule has 24 heavy (non-hydrogen) atoms. The molecule has 1 atom stereocenters. The number of para-hydroxylation sites is 1. The van der Waals surface area contributed by atoms with Gasteiger partial charge in [-0.25, -0.2) is 0 Å². The summed E-state index contributed by atoms with van der Waals surface area (Å²) in [5, 5.41) is 1.13. The van der Waals surface area contributed by atoms with Gasteiger partial charge in [-0.15, -0.1) is 0 Å². The van der Waals surface area contributed by atoms with Crippen molar-refractivity contribution in [3.05, 3.63) is 35.5 Å². The second-order valence-corrected chi connectivity index (χ2v) is 8.46. The summed E-state index contributed by atoms with van der Waals surface area (Å²) in [6.45, 7) is 2.02. The number of fused-ring (bicyclic) bond motifs is 3. The van der Waals surface area contributed by atoms with Crippen LogP contribution in [-0.2, 0) is 27.9 Å². The molecule has 6 nitrogen and oxygen atoms in total. The molecule has 2 aliphatic heterocycles. The Hall–Kier alpha value is -1.41. The van der Waals surface area contributed by atoms with Crippen LogP contribution in [0.15, 0.2) is 24.3 Å². The van der Waals surface area contributed by atoms with Crippen LogP contribution in [0.3, 0.4) is 0 Å². The number of nitrogens with zero attached hydrogens (tertiary/aromatic N) is 2. The third kappa shape index (κ3) is 2.56. The van der Waals surface area contributed by atoms with Gasteiger partial charge in [0.2, 0.25) is 0 Å². The van der Waals surface area contributed by atoms with E-state index in [1.165, 1.54) is 0 Å². The van der Waals surface area contributed by atoms with Crippen LogP contribution in [0.1, 0.15) is 24.1 Å². The Labute approximate surface area is 142 Å². The van der Waals surface area contributed by atoms with Crippen LogP contribution in [0.5, 0.6) is 0 Å². The molecule has 2 aliphatic rings. The second-order valence-electron chi connectivity index (χ2n) is 6.58. The first-order valence-corrected chi connectivity index (χ1v) is 9.85. The number of hydrogen-bond donors (Lipinski definition) is 1. The van der Waals surface area contributed by atoms with Gasteiger partial charge in [-0.1, -0.05) is 18.2 Å². The molecule has 1 aromatic carbocycles. The Morgan fingerprint density at radius 2 is 2.12 bits per heavy atom. The van der Waals surface area contributed by atoms with E-state index in [0.29, 0.717) is 26.2 Å². The fourth-order valence-corrected chi connectivity index (χ4v) is 5.77. The Bertz CT molecular complexity index is 846. The Morgan fingerprint density at radius 3 is 2.96 bits per heavy atom. The minimum atomic E-state index is -3.45. The maximum atomic E-state index is 13.1. The van der Waals surface area contributed by atoms with Crippen molar-refractivity contribution in [1.29, 1.82) is 0 Å². The molecule has 0 spiro atoms. The van der Waals surface area contributed by atoms with E-state index in [-0.39, 0.29) is 6.04 Å². The van der Waals surface area contributed by atoms with Crippen molar-refractivity contribution in [3.63, 3.8) is 0 Å². The van der Waals surface area contributed by atoms with Crippen molar-refractivity contribution < 1.29 is 13.2 Å². The zero-order valence-corrected chi connectivity index (χ0v) is 14.7. The van der Waals surface area contributed by atoms with Gasteiger partial charge in [0, 0.05) is 55.8 Å². The summed E-state index contributed by atoms with van der Waals surface area (Å²) in [4.78, 5) is 3.43. The molecule has 1 fully saturated rings. The van der Waals surface area contributed by atoms with Crippen LogP contribution in [0.4, 0.5) is 0 Å². The van der Waals surface area contributed by atoms with Crippen molar-refractivity contribution in [3.8, 4) is 0 Å². The Kier molecular flexibility index (Phi) is 4.12. The minimum Gasteiger partial charge on any atom is -0.383 e. The van der Waals surface area contributed by atoms with Gasteiger partial charge in [-0.3, -0.25) is 0 Å². The van der Waals surface area contributed by atoms with Crippen molar-refractivity contribution in [2.24, 2.45) is 0 Å². The standard InChI is InChI=1S/C17H23N3O3S/c1-23-12-13-5-4-9-20(13)24(21,22)19-10-8-17-15(11-19)14-6-2-3-7-16(14)18-17/h2-3,6-7,13,18H,4-5,8-12H2,1H3/t13-/m1/s1. The number of ether oxygens (including phenoxy) is 1. The molecule has 1 aromatic heterocycles.